The number of primary amides is 1. The van der Waals surface area contributed by atoms with Crippen LogP contribution in [0.4, 0.5) is 0 Å². The average Bonchev–Trinajstić information content (AvgIpc) is 2.86. The summed E-state index contributed by atoms with van der Waals surface area (Å²) in [5.41, 5.74) is 6.73. The van der Waals surface area contributed by atoms with Gasteiger partial charge in [0, 0.05) is 28.5 Å². The summed E-state index contributed by atoms with van der Waals surface area (Å²) >= 11 is 2.27. The molecular weight excluding hydrogens is 505 g/mol. The third-order valence-electron chi connectivity index (χ3n) is 5.87. The number of benzene rings is 1. The summed E-state index contributed by atoms with van der Waals surface area (Å²) in [4.78, 5) is 40.4. The summed E-state index contributed by atoms with van der Waals surface area (Å²) in [5, 5.41) is 3.00. The molecule has 2 rings (SSSR count). The molecule has 0 aromatic heterocycles. The smallest absolute Gasteiger partial charge is 0.245 e. The first-order chi connectivity index (χ1) is 14.7. The minimum Gasteiger partial charge on any atom is -0.369 e. The molecule has 0 unspecified atom stereocenters. The molecule has 1 saturated heterocycles. The number of nitrogens with two attached hydrogens (primary N) is 1. The van der Waals surface area contributed by atoms with Crippen molar-refractivity contribution in [3.63, 3.8) is 0 Å². The van der Waals surface area contributed by atoms with Crippen molar-refractivity contribution in [3.05, 3.63) is 33.4 Å². The number of carbonyl (C=O) groups excluding carboxylic acids is 3. The molecular formula is C24H36IN3O3. The zero-order chi connectivity index (χ0) is 23.0. The molecule has 6 nitrogen and oxygen atoms in total. The lowest BCUT2D eigenvalue weighted by Crippen LogP contribution is -2.50. The predicted octanol–water partition coefficient (Wildman–Crippen LogP) is 3.85. The van der Waals surface area contributed by atoms with E-state index < -0.39 is 23.8 Å². The second-order valence-corrected chi connectivity index (χ2v) is 10.2. The van der Waals surface area contributed by atoms with E-state index >= 15 is 0 Å². The quantitative estimate of drug-likeness (QED) is 0.441. The largest absolute Gasteiger partial charge is 0.369 e. The van der Waals surface area contributed by atoms with Gasteiger partial charge in [0.25, 0.3) is 0 Å². The van der Waals surface area contributed by atoms with Crippen LogP contribution in [0.2, 0.25) is 0 Å². The number of halogens is 1. The first-order valence-electron chi connectivity index (χ1n) is 11.4. The molecule has 1 aliphatic heterocycles. The Bertz CT molecular complexity index is 768. The van der Waals surface area contributed by atoms with Crippen LogP contribution >= 0.6 is 22.6 Å². The number of carbonyl (C=O) groups is 3. The van der Waals surface area contributed by atoms with E-state index in [1.165, 1.54) is 0 Å². The fourth-order valence-electron chi connectivity index (χ4n) is 4.35. The van der Waals surface area contributed by atoms with Gasteiger partial charge < -0.3 is 16.0 Å². The molecule has 3 amide bonds. The van der Waals surface area contributed by atoms with Crippen LogP contribution in [0.15, 0.2) is 24.3 Å². The van der Waals surface area contributed by atoms with Crippen LogP contribution in [0, 0.1) is 21.3 Å². The summed E-state index contributed by atoms with van der Waals surface area (Å²) in [6.07, 6.45) is 4.35. The molecule has 3 N–H and O–H groups in total. The van der Waals surface area contributed by atoms with Gasteiger partial charge in [-0.1, -0.05) is 39.3 Å². The van der Waals surface area contributed by atoms with Gasteiger partial charge in [-0.25, -0.2) is 0 Å². The number of hydrogen-bond acceptors (Lipinski definition) is 3. The molecule has 0 saturated carbocycles. The number of rotatable bonds is 10. The van der Waals surface area contributed by atoms with Gasteiger partial charge in [-0.15, -0.1) is 0 Å². The molecule has 7 heteroatoms. The Kier molecular flexibility index (Phi) is 10.3. The number of nitrogens with zero attached hydrogens (tertiary/aromatic N) is 1. The van der Waals surface area contributed by atoms with Crippen LogP contribution in [-0.4, -0.2) is 35.2 Å². The van der Waals surface area contributed by atoms with Crippen molar-refractivity contribution < 1.29 is 14.4 Å². The maximum atomic E-state index is 13.3. The summed E-state index contributed by atoms with van der Waals surface area (Å²) in [5.74, 6) is -1.46. The van der Waals surface area contributed by atoms with Crippen LogP contribution in [0.25, 0.3) is 0 Å². The zero-order valence-electron chi connectivity index (χ0n) is 18.9. The van der Waals surface area contributed by atoms with Crippen molar-refractivity contribution in [2.75, 3.05) is 6.54 Å². The Balaban J connectivity index is 2.15. The molecule has 1 aromatic carbocycles. The maximum absolute atomic E-state index is 13.3. The number of likely N-dealkylation sites (tertiary alicyclic amines) is 1. The number of nitrogens with one attached hydrogen (secondary N) is 1. The second-order valence-electron chi connectivity index (χ2n) is 8.98. The Labute approximate surface area is 199 Å². The van der Waals surface area contributed by atoms with Gasteiger partial charge in [0.15, 0.2) is 0 Å². The van der Waals surface area contributed by atoms with Crippen molar-refractivity contribution >= 4 is 40.3 Å². The highest BCUT2D eigenvalue weighted by Gasteiger charge is 2.35. The third-order valence-corrected chi connectivity index (χ3v) is 6.54. The normalized spacial score (nSPS) is 19.1. The Hall–Kier alpha value is -1.64. The van der Waals surface area contributed by atoms with Crippen LogP contribution < -0.4 is 11.1 Å². The van der Waals surface area contributed by atoms with Crippen LogP contribution in [0.5, 0.6) is 0 Å². The van der Waals surface area contributed by atoms with Crippen LogP contribution in [0.1, 0.15) is 64.9 Å². The Morgan fingerprint density at radius 1 is 1.26 bits per heavy atom. The summed E-state index contributed by atoms with van der Waals surface area (Å²) in [7, 11) is 0. The first kappa shape index (κ1) is 25.6. The van der Waals surface area contributed by atoms with Crippen LogP contribution in [-0.2, 0) is 20.9 Å². The van der Waals surface area contributed by atoms with Gasteiger partial charge in [0.1, 0.15) is 6.04 Å². The SMILES string of the molecule is CCC[C@H](C(N)=O)[C@@H](CC(C)C)C(=O)N[C@H]1CCCCN(Cc2cccc(I)c2)C1=O. The van der Waals surface area contributed by atoms with Gasteiger partial charge in [0.2, 0.25) is 17.7 Å². The summed E-state index contributed by atoms with van der Waals surface area (Å²) in [6, 6.07) is 7.56. The molecule has 1 fully saturated rings. The fourth-order valence-corrected chi connectivity index (χ4v) is 4.95. The van der Waals surface area contributed by atoms with E-state index in [1.807, 2.05) is 43.9 Å². The van der Waals surface area contributed by atoms with Gasteiger partial charge in [-0.3, -0.25) is 14.4 Å². The van der Waals surface area contributed by atoms with Gasteiger partial charge >= 0.3 is 0 Å². The molecule has 0 aliphatic carbocycles. The molecule has 1 aliphatic rings. The highest BCUT2D eigenvalue weighted by atomic mass is 127. The van der Waals surface area contributed by atoms with Gasteiger partial charge in [0.05, 0.1) is 0 Å². The molecule has 1 aromatic rings. The van der Waals surface area contributed by atoms with Crippen LogP contribution in [0.3, 0.4) is 0 Å². The predicted molar refractivity (Wildman–Crippen MR) is 131 cm³/mol. The molecule has 1 heterocycles. The van der Waals surface area contributed by atoms with Crippen molar-refractivity contribution in [1.82, 2.24) is 10.2 Å². The second kappa shape index (κ2) is 12.4. The minimum atomic E-state index is -0.553. The monoisotopic (exact) mass is 541 g/mol. The van der Waals surface area contributed by atoms with Crippen molar-refractivity contribution in [3.8, 4) is 0 Å². The molecule has 3 atom stereocenters. The van der Waals surface area contributed by atoms with Crippen molar-refractivity contribution in [2.24, 2.45) is 23.5 Å². The zero-order valence-corrected chi connectivity index (χ0v) is 21.1. The molecule has 172 valence electrons. The molecule has 0 bridgehead atoms. The number of hydrogen-bond donors (Lipinski definition) is 2. The lowest BCUT2D eigenvalue weighted by molar-refractivity contribution is -0.139. The molecule has 0 radical (unpaired) electrons. The molecule has 0 spiro atoms. The van der Waals surface area contributed by atoms with E-state index in [2.05, 4.69) is 34.0 Å². The van der Waals surface area contributed by atoms with Gasteiger partial charge in [-0.05, 0) is 78.3 Å². The van der Waals surface area contributed by atoms with Crippen molar-refractivity contribution in [1.29, 1.82) is 0 Å². The van der Waals surface area contributed by atoms with E-state index in [9.17, 15) is 14.4 Å². The number of amides is 3. The highest BCUT2D eigenvalue weighted by Crippen LogP contribution is 2.26. The van der Waals surface area contributed by atoms with E-state index in [4.69, 9.17) is 5.73 Å². The van der Waals surface area contributed by atoms with E-state index in [0.717, 1.165) is 28.4 Å². The fraction of sp³-hybridized carbons (Fsp3) is 0.625. The minimum absolute atomic E-state index is 0.0425. The first-order valence-corrected chi connectivity index (χ1v) is 12.4. The highest BCUT2D eigenvalue weighted by molar-refractivity contribution is 14.1. The maximum Gasteiger partial charge on any atom is 0.245 e. The summed E-state index contributed by atoms with van der Waals surface area (Å²) in [6.45, 7) is 7.27. The average molecular weight is 541 g/mol. The summed E-state index contributed by atoms with van der Waals surface area (Å²) < 4.78 is 1.13. The third kappa shape index (κ3) is 7.77. The lowest BCUT2D eigenvalue weighted by atomic mass is 9.81. The van der Waals surface area contributed by atoms with E-state index in [1.54, 1.807) is 0 Å². The van der Waals surface area contributed by atoms with Crippen molar-refractivity contribution in [2.45, 2.75) is 71.9 Å². The standard InChI is InChI=1S/C24H36IN3O3/c1-4-8-19(22(26)29)20(13-16(2)3)23(30)27-21-11-5-6-12-28(24(21)31)15-17-9-7-10-18(25)14-17/h7,9-10,14,16,19-21H,4-6,8,11-13,15H2,1-3H3,(H2,26,29)(H,27,30)/t19-,20+,21-/m0/s1. The van der Waals surface area contributed by atoms with E-state index in [0.29, 0.717) is 32.4 Å². The van der Waals surface area contributed by atoms with Gasteiger partial charge in [-0.2, -0.15) is 0 Å². The lowest BCUT2D eigenvalue weighted by Gasteiger charge is -2.29. The topological polar surface area (TPSA) is 92.5 Å². The van der Waals surface area contributed by atoms with E-state index in [-0.39, 0.29) is 17.7 Å². The Morgan fingerprint density at radius 3 is 2.61 bits per heavy atom. The molecule has 31 heavy (non-hydrogen) atoms. The Morgan fingerprint density at radius 2 is 2.00 bits per heavy atom.